The number of phenolic OH excluding ortho intramolecular Hbond substituents is 1. The number of aromatic hydroxyl groups is 1. The standard InChI is InChI=1S/C29H40N2O2/c1-19(2)14-21-10-9-11-22(27(21)32)17-30-25-12-7-8-13-26(25)31-18-23-15-20(3)16-24(28(23)33)29(4,5)6/h9-11,16-19,25-26,31-32H,3,7-8,12-15H2,1-2,4-6H3/t25-,26-/m0/s1. The highest BCUT2D eigenvalue weighted by Crippen LogP contribution is 2.34. The van der Waals surface area contributed by atoms with Gasteiger partial charge in [-0.05, 0) is 42.2 Å². The second-order valence-corrected chi connectivity index (χ2v) is 11.0. The molecule has 0 radical (unpaired) electrons. The van der Waals surface area contributed by atoms with E-state index in [9.17, 15) is 9.90 Å². The molecular weight excluding hydrogens is 408 g/mol. The van der Waals surface area contributed by atoms with Crippen LogP contribution in [0.4, 0.5) is 0 Å². The van der Waals surface area contributed by atoms with Crippen LogP contribution in [0.2, 0.25) is 0 Å². The minimum Gasteiger partial charge on any atom is -0.507 e. The Morgan fingerprint density at radius 1 is 1.24 bits per heavy atom. The van der Waals surface area contributed by atoms with E-state index in [1.807, 2.05) is 36.7 Å². The highest BCUT2D eigenvalue weighted by Gasteiger charge is 2.30. The lowest BCUT2D eigenvalue weighted by Gasteiger charge is -2.30. The lowest BCUT2D eigenvalue weighted by molar-refractivity contribution is -0.113. The molecule has 2 aliphatic rings. The molecule has 2 N–H and O–H groups in total. The Morgan fingerprint density at radius 3 is 2.67 bits per heavy atom. The predicted octanol–water partition coefficient (Wildman–Crippen LogP) is 6.30. The Kier molecular flexibility index (Phi) is 7.99. The number of nitrogens with one attached hydrogen (secondary N) is 1. The number of hydrogen-bond acceptors (Lipinski definition) is 4. The molecular formula is C29H40N2O2. The van der Waals surface area contributed by atoms with Gasteiger partial charge in [-0.2, -0.15) is 0 Å². The summed E-state index contributed by atoms with van der Waals surface area (Å²) >= 11 is 0. The number of benzene rings is 1. The van der Waals surface area contributed by atoms with Crippen molar-refractivity contribution in [3.8, 4) is 5.75 Å². The van der Waals surface area contributed by atoms with Crippen LogP contribution in [0.25, 0.3) is 0 Å². The highest BCUT2D eigenvalue weighted by atomic mass is 16.3. The number of carbonyl (C=O) groups is 1. The summed E-state index contributed by atoms with van der Waals surface area (Å²) in [5.74, 6) is 0.936. The average Bonchev–Trinajstić information content (AvgIpc) is 2.74. The van der Waals surface area contributed by atoms with Crippen molar-refractivity contribution >= 4 is 12.0 Å². The van der Waals surface area contributed by atoms with E-state index < -0.39 is 0 Å². The van der Waals surface area contributed by atoms with Gasteiger partial charge in [0.15, 0.2) is 5.78 Å². The van der Waals surface area contributed by atoms with Crippen molar-refractivity contribution in [3.05, 3.63) is 64.9 Å². The first-order chi connectivity index (χ1) is 15.6. The van der Waals surface area contributed by atoms with Crippen LogP contribution < -0.4 is 5.32 Å². The van der Waals surface area contributed by atoms with Crippen LogP contribution in [-0.2, 0) is 11.2 Å². The highest BCUT2D eigenvalue weighted by molar-refractivity contribution is 6.10. The molecule has 1 aromatic rings. The van der Waals surface area contributed by atoms with Crippen molar-refractivity contribution in [3.63, 3.8) is 0 Å². The van der Waals surface area contributed by atoms with Gasteiger partial charge < -0.3 is 10.4 Å². The number of aliphatic imine (C=N–C) groups is 1. The van der Waals surface area contributed by atoms with Gasteiger partial charge in [-0.1, -0.05) is 77.8 Å². The lowest BCUT2D eigenvalue weighted by atomic mass is 9.77. The van der Waals surface area contributed by atoms with Crippen molar-refractivity contribution in [1.82, 2.24) is 5.32 Å². The zero-order valence-electron chi connectivity index (χ0n) is 20.9. The Balaban J connectivity index is 1.75. The summed E-state index contributed by atoms with van der Waals surface area (Å²) < 4.78 is 0. The molecule has 4 heteroatoms. The molecule has 0 amide bonds. The largest absolute Gasteiger partial charge is 0.507 e. The van der Waals surface area contributed by atoms with Gasteiger partial charge in [0.25, 0.3) is 0 Å². The zero-order chi connectivity index (χ0) is 24.2. The molecule has 1 fully saturated rings. The number of rotatable bonds is 6. The van der Waals surface area contributed by atoms with Gasteiger partial charge in [0.2, 0.25) is 0 Å². The first kappa shape index (κ1) is 25.0. The molecule has 1 aromatic carbocycles. The lowest BCUT2D eigenvalue weighted by Crippen LogP contribution is -2.39. The van der Waals surface area contributed by atoms with Gasteiger partial charge in [0.05, 0.1) is 6.04 Å². The quantitative estimate of drug-likeness (QED) is 0.397. The van der Waals surface area contributed by atoms with E-state index in [0.29, 0.717) is 18.1 Å². The number of ketones is 1. The molecule has 0 saturated heterocycles. The molecule has 0 spiro atoms. The van der Waals surface area contributed by atoms with Crippen molar-refractivity contribution in [2.24, 2.45) is 16.3 Å². The molecule has 2 aliphatic carbocycles. The number of hydrogen-bond donors (Lipinski definition) is 2. The topological polar surface area (TPSA) is 61.7 Å². The number of phenols is 1. The number of carbonyl (C=O) groups excluding carboxylic acids is 1. The third kappa shape index (κ3) is 6.46. The van der Waals surface area contributed by atoms with Crippen LogP contribution in [0.3, 0.4) is 0 Å². The monoisotopic (exact) mass is 448 g/mol. The van der Waals surface area contributed by atoms with E-state index >= 15 is 0 Å². The van der Waals surface area contributed by atoms with Crippen LogP contribution >= 0.6 is 0 Å². The zero-order valence-corrected chi connectivity index (χ0v) is 20.9. The summed E-state index contributed by atoms with van der Waals surface area (Å²) in [6, 6.07) is 6.18. The van der Waals surface area contributed by atoms with Crippen molar-refractivity contribution in [1.29, 1.82) is 0 Å². The molecule has 0 aromatic heterocycles. The summed E-state index contributed by atoms with van der Waals surface area (Å²) in [5, 5.41) is 14.2. The normalized spacial score (nSPS) is 23.5. The van der Waals surface area contributed by atoms with Crippen molar-refractivity contribution in [2.75, 3.05) is 0 Å². The van der Waals surface area contributed by atoms with Crippen molar-refractivity contribution < 1.29 is 9.90 Å². The maximum Gasteiger partial charge on any atom is 0.187 e. The Morgan fingerprint density at radius 2 is 1.97 bits per heavy atom. The molecule has 1 saturated carbocycles. The molecule has 178 valence electrons. The van der Waals surface area contributed by atoms with Crippen LogP contribution in [0.5, 0.6) is 5.75 Å². The van der Waals surface area contributed by atoms with E-state index in [2.05, 4.69) is 46.5 Å². The summed E-state index contributed by atoms with van der Waals surface area (Å²) in [7, 11) is 0. The number of allylic oxidation sites excluding steroid dienone is 4. The molecule has 33 heavy (non-hydrogen) atoms. The summed E-state index contributed by atoms with van der Waals surface area (Å²) in [4.78, 5) is 17.9. The van der Waals surface area contributed by atoms with E-state index in [0.717, 1.165) is 60.0 Å². The van der Waals surface area contributed by atoms with Crippen molar-refractivity contribution in [2.45, 2.75) is 85.2 Å². The van der Waals surface area contributed by atoms with Crippen LogP contribution in [0.1, 0.15) is 77.8 Å². The molecule has 4 nitrogen and oxygen atoms in total. The summed E-state index contributed by atoms with van der Waals surface area (Å²) in [6.45, 7) is 14.6. The third-order valence-electron chi connectivity index (χ3n) is 6.50. The first-order valence-corrected chi connectivity index (χ1v) is 12.3. The number of nitrogens with zero attached hydrogens (tertiary/aromatic N) is 1. The van der Waals surface area contributed by atoms with E-state index in [4.69, 9.17) is 4.99 Å². The van der Waals surface area contributed by atoms with E-state index in [1.165, 1.54) is 0 Å². The average molecular weight is 449 g/mol. The molecule has 0 unspecified atom stereocenters. The Bertz CT molecular complexity index is 976. The van der Waals surface area contributed by atoms with Gasteiger partial charge in [-0.25, -0.2) is 0 Å². The fourth-order valence-corrected chi connectivity index (χ4v) is 4.68. The Hall–Kier alpha value is -2.62. The van der Waals surface area contributed by atoms with Gasteiger partial charge in [-0.3, -0.25) is 9.79 Å². The maximum atomic E-state index is 13.1. The minimum absolute atomic E-state index is 0.114. The fraction of sp³-hybridized carbons (Fsp3) is 0.517. The molecule has 3 rings (SSSR count). The smallest absolute Gasteiger partial charge is 0.187 e. The number of para-hydroxylation sites is 1. The van der Waals surface area contributed by atoms with Crippen LogP contribution in [0.15, 0.2) is 58.8 Å². The summed E-state index contributed by atoms with van der Waals surface area (Å²) in [6.07, 6.45) is 11.4. The molecule has 0 bridgehead atoms. The molecule has 0 heterocycles. The van der Waals surface area contributed by atoms with Gasteiger partial charge in [-0.15, -0.1) is 0 Å². The maximum absolute atomic E-state index is 13.1. The minimum atomic E-state index is -0.205. The third-order valence-corrected chi connectivity index (χ3v) is 6.50. The Labute approximate surface area is 199 Å². The van der Waals surface area contributed by atoms with Crippen LogP contribution in [-0.4, -0.2) is 29.2 Å². The van der Waals surface area contributed by atoms with Gasteiger partial charge in [0, 0.05) is 41.6 Å². The van der Waals surface area contributed by atoms with Crippen LogP contribution in [0, 0.1) is 11.3 Å². The number of Topliss-reactive ketones (excluding diaryl/α,β-unsaturated/α-hetero) is 1. The fourth-order valence-electron chi connectivity index (χ4n) is 4.68. The van der Waals surface area contributed by atoms with Gasteiger partial charge in [0.1, 0.15) is 5.75 Å². The second kappa shape index (κ2) is 10.5. The SMILES string of the molecule is C=C1C=C(C(C)(C)C)C(=O)C(=CN[C@H]2CCCC[C@@H]2N=Cc2cccc(CC(C)C)c2O)C1. The summed E-state index contributed by atoms with van der Waals surface area (Å²) in [5.41, 5.74) is 4.11. The second-order valence-electron chi connectivity index (χ2n) is 11.0. The first-order valence-electron chi connectivity index (χ1n) is 12.3. The van der Waals surface area contributed by atoms with E-state index in [-0.39, 0.29) is 23.3 Å². The molecule has 0 aliphatic heterocycles. The molecule has 2 atom stereocenters. The predicted molar refractivity (Wildman–Crippen MR) is 138 cm³/mol. The van der Waals surface area contributed by atoms with Gasteiger partial charge >= 0.3 is 0 Å². The van der Waals surface area contributed by atoms with E-state index in [1.54, 1.807) is 0 Å².